The highest BCUT2D eigenvalue weighted by atomic mass is 14.7. The van der Waals surface area contributed by atoms with Gasteiger partial charge in [0, 0.05) is 6.20 Å². The van der Waals surface area contributed by atoms with Crippen LogP contribution in [0.2, 0.25) is 0 Å². The van der Waals surface area contributed by atoms with Crippen LogP contribution in [0.25, 0.3) is 6.08 Å². The maximum atomic E-state index is 4.40. The first kappa shape index (κ1) is 13.9. The van der Waals surface area contributed by atoms with Crippen molar-refractivity contribution in [2.24, 2.45) is 0 Å². The average Bonchev–Trinajstić information content (AvgIpc) is 2.24. The molecule has 1 nitrogen and oxygen atoms in total. The van der Waals surface area contributed by atoms with Gasteiger partial charge in [-0.2, -0.15) is 0 Å². The van der Waals surface area contributed by atoms with Crippen LogP contribution in [0.15, 0.2) is 18.3 Å². The van der Waals surface area contributed by atoms with Crippen LogP contribution < -0.4 is 0 Å². The van der Waals surface area contributed by atoms with Crippen molar-refractivity contribution in [3.05, 3.63) is 35.2 Å². The predicted molar refractivity (Wildman–Crippen MR) is 69.1 cm³/mol. The molecule has 0 aromatic carbocycles. The Bertz CT molecular complexity index is 311. The Morgan fingerprint density at radius 1 is 1.27 bits per heavy atom. The summed E-state index contributed by atoms with van der Waals surface area (Å²) in [7, 11) is 0. The van der Waals surface area contributed by atoms with Gasteiger partial charge in [0.25, 0.3) is 0 Å². The van der Waals surface area contributed by atoms with Gasteiger partial charge in [-0.15, -0.1) is 0 Å². The molecule has 1 heteroatoms. The maximum Gasteiger partial charge on any atom is 0.0655 e. The lowest BCUT2D eigenvalue weighted by Crippen LogP contribution is -1.93. The van der Waals surface area contributed by atoms with Gasteiger partial charge in [-0.25, -0.2) is 0 Å². The lowest BCUT2D eigenvalue weighted by atomic mass is 10.0. The fourth-order valence-electron chi connectivity index (χ4n) is 1.26. The van der Waals surface area contributed by atoms with Crippen molar-refractivity contribution in [1.29, 1.82) is 0 Å². The molecule has 0 amide bonds. The molecule has 0 aliphatic heterocycles. The Balaban J connectivity index is 0.000000921. The molecule has 0 bridgehead atoms. The molecule has 84 valence electrons. The standard InChI is InChI=1S/C12H17N.C2H6/c1-5-6-12-10(4)7-11(8-13-12)9(2)3;1-2/h5-9H,1-4H3;1-2H3/b6-5-;. The fourth-order valence-corrected chi connectivity index (χ4v) is 1.26. The third-order valence-corrected chi connectivity index (χ3v) is 2.13. The lowest BCUT2D eigenvalue weighted by Gasteiger charge is -2.07. The van der Waals surface area contributed by atoms with E-state index >= 15 is 0 Å². The molecule has 15 heavy (non-hydrogen) atoms. The third-order valence-electron chi connectivity index (χ3n) is 2.13. The van der Waals surface area contributed by atoms with Crippen LogP contribution in [0.5, 0.6) is 0 Å². The van der Waals surface area contributed by atoms with Crippen LogP contribution in [-0.4, -0.2) is 4.98 Å². The smallest absolute Gasteiger partial charge is 0.0655 e. The topological polar surface area (TPSA) is 12.9 Å². The van der Waals surface area contributed by atoms with Gasteiger partial charge in [-0.3, -0.25) is 4.98 Å². The summed E-state index contributed by atoms with van der Waals surface area (Å²) in [4.78, 5) is 4.40. The first-order valence-electron chi connectivity index (χ1n) is 5.74. The number of aromatic nitrogens is 1. The van der Waals surface area contributed by atoms with E-state index in [1.807, 2.05) is 39.1 Å². The zero-order valence-corrected chi connectivity index (χ0v) is 10.8. The van der Waals surface area contributed by atoms with Crippen LogP contribution in [0.4, 0.5) is 0 Å². The van der Waals surface area contributed by atoms with E-state index in [-0.39, 0.29) is 0 Å². The molecule has 1 rings (SSSR count). The minimum atomic E-state index is 0.561. The molecular formula is C14H23N. The highest BCUT2D eigenvalue weighted by Gasteiger charge is 2.01. The fraction of sp³-hybridized carbons (Fsp3) is 0.500. The molecule has 1 heterocycles. The van der Waals surface area contributed by atoms with Gasteiger partial charge < -0.3 is 0 Å². The summed E-state index contributed by atoms with van der Waals surface area (Å²) in [5.74, 6) is 0.561. The summed E-state index contributed by atoms with van der Waals surface area (Å²) in [6.45, 7) is 12.5. The summed E-state index contributed by atoms with van der Waals surface area (Å²) in [6, 6.07) is 2.22. The first-order valence-corrected chi connectivity index (χ1v) is 5.74. The van der Waals surface area contributed by atoms with Gasteiger partial charge in [0.2, 0.25) is 0 Å². The van der Waals surface area contributed by atoms with Crippen molar-refractivity contribution in [2.75, 3.05) is 0 Å². The molecule has 0 aliphatic rings. The second-order valence-corrected chi connectivity index (χ2v) is 3.63. The molecule has 0 aliphatic carbocycles. The van der Waals surface area contributed by atoms with Crippen LogP contribution in [0, 0.1) is 6.92 Å². The first-order chi connectivity index (χ1) is 7.15. The molecule has 0 unspecified atom stereocenters. The van der Waals surface area contributed by atoms with E-state index in [0.29, 0.717) is 5.92 Å². The van der Waals surface area contributed by atoms with Crippen molar-refractivity contribution >= 4 is 6.08 Å². The minimum Gasteiger partial charge on any atom is -0.256 e. The van der Waals surface area contributed by atoms with Crippen LogP contribution in [0.3, 0.4) is 0 Å². The predicted octanol–water partition coefficient (Wildman–Crippen LogP) is 4.57. The van der Waals surface area contributed by atoms with Crippen molar-refractivity contribution in [3.63, 3.8) is 0 Å². The van der Waals surface area contributed by atoms with Gasteiger partial charge in [-0.05, 0) is 37.0 Å². The summed E-state index contributed by atoms with van der Waals surface area (Å²) < 4.78 is 0. The SMILES string of the molecule is C/C=C\c1ncc(C(C)C)cc1C.CC. The highest BCUT2D eigenvalue weighted by molar-refractivity contribution is 5.49. The molecule has 0 fully saturated rings. The van der Waals surface area contributed by atoms with E-state index in [9.17, 15) is 0 Å². The third kappa shape index (κ3) is 4.28. The summed E-state index contributed by atoms with van der Waals surface area (Å²) >= 11 is 0. The Kier molecular flexibility index (Phi) is 6.68. The van der Waals surface area contributed by atoms with E-state index in [1.54, 1.807) is 0 Å². The van der Waals surface area contributed by atoms with E-state index in [2.05, 4.69) is 31.8 Å². The Hall–Kier alpha value is -1.11. The number of hydrogen-bond donors (Lipinski definition) is 0. The highest BCUT2D eigenvalue weighted by Crippen LogP contribution is 2.16. The van der Waals surface area contributed by atoms with Gasteiger partial charge >= 0.3 is 0 Å². The summed E-state index contributed by atoms with van der Waals surface area (Å²) in [6.07, 6.45) is 6.02. The van der Waals surface area contributed by atoms with Crippen LogP contribution in [0.1, 0.15) is 57.4 Å². The van der Waals surface area contributed by atoms with E-state index in [0.717, 1.165) is 5.69 Å². The maximum absolute atomic E-state index is 4.40. The van der Waals surface area contributed by atoms with Gasteiger partial charge in [0.05, 0.1) is 5.69 Å². The largest absolute Gasteiger partial charge is 0.256 e. The molecule has 1 aromatic rings. The normalized spacial score (nSPS) is 10.3. The molecule has 0 spiro atoms. The zero-order chi connectivity index (χ0) is 11.8. The monoisotopic (exact) mass is 205 g/mol. The molecule has 0 atom stereocenters. The number of rotatable bonds is 2. The Morgan fingerprint density at radius 3 is 2.27 bits per heavy atom. The second-order valence-electron chi connectivity index (χ2n) is 3.63. The van der Waals surface area contributed by atoms with Crippen LogP contribution in [-0.2, 0) is 0 Å². The second kappa shape index (κ2) is 7.22. The minimum absolute atomic E-state index is 0.561. The van der Waals surface area contributed by atoms with Crippen LogP contribution >= 0.6 is 0 Å². The lowest BCUT2D eigenvalue weighted by molar-refractivity contribution is 0.854. The zero-order valence-electron chi connectivity index (χ0n) is 10.8. The number of allylic oxidation sites excluding steroid dienone is 1. The number of pyridine rings is 1. The molecule has 0 saturated heterocycles. The number of hydrogen-bond acceptors (Lipinski definition) is 1. The van der Waals surface area contributed by atoms with Crippen molar-refractivity contribution in [2.45, 2.75) is 47.5 Å². The van der Waals surface area contributed by atoms with E-state index < -0.39 is 0 Å². The van der Waals surface area contributed by atoms with E-state index in [4.69, 9.17) is 0 Å². The quantitative estimate of drug-likeness (QED) is 0.689. The average molecular weight is 205 g/mol. The van der Waals surface area contributed by atoms with E-state index in [1.165, 1.54) is 11.1 Å². The molecule has 0 saturated carbocycles. The molecule has 0 radical (unpaired) electrons. The Labute approximate surface area is 94.3 Å². The van der Waals surface area contributed by atoms with Crippen molar-refractivity contribution in [3.8, 4) is 0 Å². The van der Waals surface area contributed by atoms with Gasteiger partial charge in [0.1, 0.15) is 0 Å². The summed E-state index contributed by atoms with van der Waals surface area (Å²) in [5.41, 5.74) is 3.64. The molecular weight excluding hydrogens is 182 g/mol. The van der Waals surface area contributed by atoms with Gasteiger partial charge in [0.15, 0.2) is 0 Å². The number of nitrogens with zero attached hydrogens (tertiary/aromatic N) is 1. The molecule has 0 N–H and O–H groups in total. The van der Waals surface area contributed by atoms with Crippen molar-refractivity contribution in [1.82, 2.24) is 4.98 Å². The molecule has 1 aromatic heterocycles. The Morgan fingerprint density at radius 2 is 1.87 bits per heavy atom. The summed E-state index contributed by atoms with van der Waals surface area (Å²) in [5, 5.41) is 0. The van der Waals surface area contributed by atoms with Gasteiger partial charge in [-0.1, -0.05) is 39.8 Å². The van der Waals surface area contributed by atoms with Crippen molar-refractivity contribution < 1.29 is 0 Å². The number of aryl methyl sites for hydroxylation is 1.